The number of nitrogens with two attached hydrogens (primary N) is 1. The molecule has 0 amide bonds. The molecule has 0 spiro atoms. The maximum atomic E-state index is 5.80. The molecule has 3 aromatic heterocycles. The van der Waals surface area contributed by atoms with Crippen molar-refractivity contribution in [3.05, 3.63) is 41.7 Å². The highest BCUT2D eigenvalue weighted by molar-refractivity contribution is 6.84. The molecule has 0 radical (unpaired) electrons. The summed E-state index contributed by atoms with van der Waals surface area (Å²) in [7, 11) is -2.85. The molecule has 0 bridgehead atoms. The van der Waals surface area contributed by atoms with E-state index < -0.39 is 16.1 Å². The SMILES string of the molecule is C#Cc1cnc2[nH]ccc2n1.C[Si](C)(C)C#Cc1cnc(N)c(C#C[Si](C)(C)C)n1. The first-order valence-corrected chi connectivity index (χ1v) is 16.4. The minimum Gasteiger partial charge on any atom is -0.381 e. The normalized spacial score (nSPS) is 10.6. The number of anilines is 1. The number of rotatable bonds is 0. The van der Waals surface area contributed by atoms with E-state index in [9.17, 15) is 0 Å². The number of nitrogens with one attached hydrogen (secondary N) is 1. The molecule has 0 aliphatic rings. The molecule has 0 saturated carbocycles. The maximum absolute atomic E-state index is 5.80. The Bertz CT molecular complexity index is 1200. The van der Waals surface area contributed by atoms with Gasteiger partial charge in [-0.25, -0.2) is 19.9 Å². The van der Waals surface area contributed by atoms with Gasteiger partial charge in [-0.2, -0.15) is 0 Å². The zero-order chi connectivity index (χ0) is 22.4. The maximum Gasteiger partial charge on any atom is 0.158 e. The Morgan fingerprint density at radius 3 is 2.17 bits per heavy atom. The van der Waals surface area contributed by atoms with Gasteiger partial charge in [-0.15, -0.1) is 17.5 Å². The van der Waals surface area contributed by atoms with Crippen molar-refractivity contribution in [1.29, 1.82) is 0 Å². The molecule has 152 valence electrons. The highest BCUT2D eigenvalue weighted by Crippen LogP contribution is 2.07. The van der Waals surface area contributed by atoms with Crippen molar-refractivity contribution in [3.8, 4) is 35.3 Å². The van der Waals surface area contributed by atoms with Crippen LogP contribution in [0.1, 0.15) is 17.1 Å². The van der Waals surface area contributed by atoms with Gasteiger partial charge >= 0.3 is 0 Å². The van der Waals surface area contributed by atoms with Gasteiger partial charge in [0.25, 0.3) is 0 Å². The van der Waals surface area contributed by atoms with E-state index in [4.69, 9.17) is 12.2 Å². The van der Waals surface area contributed by atoms with E-state index in [0.717, 1.165) is 11.2 Å². The van der Waals surface area contributed by atoms with E-state index in [2.05, 4.69) is 93.1 Å². The summed E-state index contributed by atoms with van der Waals surface area (Å²) >= 11 is 0. The second kappa shape index (κ2) is 9.41. The fraction of sp³-hybridized carbons (Fsp3) is 0.273. The number of nitrogen functional groups attached to an aromatic ring is 1. The number of hydrogen-bond donors (Lipinski definition) is 2. The predicted octanol–water partition coefficient (Wildman–Crippen LogP) is 3.46. The number of terminal acetylenes is 1. The third kappa shape index (κ3) is 7.56. The van der Waals surface area contributed by atoms with Crippen LogP contribution in [0.25, 0.3) is 11.2 Å². The van der Waals surface area contributed by atoms with Gasteiger partial charge < -0.3 is 10.7 Å². The third-order valence-electron chi connectivity index (χ3n) is 3.33. The molecule has 6 nitrogen and oxygen atoms in total. The second-order valence-corrected chi connectivity index (χ2v) is 18.1. The Morgan fingerprint density at radius 1 is 0.900 bits per heavy atom. The van der Waals surface area contributed by atoms with Crippen LogP contribution in [0.15, 0.2) is 24.7 Å². The van der Waals surface area contributed by atoms with Crippen molar-refractivity contribution in [2.24, 2.45) is 0 Å². The van der Waals surface area contributed by atoms with E-state index in [1.54, 1.807) is 18.6 Å². The first kappa shape index (κ1) is 22.9. The minimum atomic E-state index is -1.44. The first-order valence-electron chi connectivity index (χ1n) is 9.42. The lowest BCUT2D eigenvalue weighted by molar-refractivity contribution is 1.16. The lowest BCUT2D eigenvalue weighted by atomic mass is 10.4. The molecular formula is C22H26N6Si2. The van der Waals surface area contributed by atoms with Crippen molar-refractivity contribution < 1.29 is 0 Å². The van der Waals surface area contributed by atoms with E-state index in [1.807, 2.05) is 6.07 Å². The van der Waals surface area contributed by atoms with Crippen molar-refractivity contribution in [2.45, 2.75) is 39.3 Å². The van der Waals surface area contributed by atoms with E-state index in [-0.39, 0.29) is 0 Å². The van der Waals surface area contributed by atoms with E-state index in [0.29, 0.717) is 22.9 Å². The van der Waals surface area contributed by atoms with Gasteiger partial charge in [-0.3, -0.25) is 0 Å². The lowest BCUT2D eigenvalue weighted by Gasteiger charge is -2.04. The minimum absolute atomic E-state index is 0.379. The molecule has 0 saturated heterocycles. The van der Waals surface area contributed by atoms with E-state index >= 15 is 0 Å². The molecule has 8 heteroatoms. The number of nitrogens with zero attached hydrogens (tertiary/aromatic N) is 4. The van der Waals surface area contributed by atoms with Crippen LogP contribution in [-0.4, -0.2) is 41.1 Å². The van der Waals surface area contributed by atoms with Gasteiger partial charge in [0.15, 0.2) is 17.2 Å². The van der Waals surface area contributed by atoms with Crippen molar-refractivity contribution >= 4 is 33.1 Å². The van der Waals surface area contributed by atoms with Crippen LogP contribution in [-0.2, 0) is 0 Å². The molecule has 0 fully saturated rings. The zero-order valence-electron chi connectivity index (χ0n) is 18.3. The number of aromatic amines is 1. The zero-order valence-corrected chi connectivity index (χ0v) is 20.3. The monoisotopic (exact) mass is 430 g/mol. The molecule has 0 unspecified atom stereocenters. The standard InChI is InChI=1S/C14H21N3Si2.C8H5N3/c1-18(2,3)9-7-12-11-16-14(15)13(17-12)8-10-19(4,5)6;1-2-6-5-10-8-7(11-6)3-4-9-8/h11H,1-6H3,(H2,15,16);1,3-5H,(H,9,10). The summed E-state index contributed by atoms with van der Waals surface area (Å²) in [6.45, 7) is 13.1. The lowest BCUT2D eigenvalue weighted by Crippen LogP contribution is -2.17. The van der Waals surface area contributed by atoms with Gasteiger partial charge in [0, 0.05) is 6.20 Å². The molecule has 30 heavy (non-hydrogen) atoms. The van der Waals surface area contributed by atoms with Crippen LogP contribution >= 0.6 is 0 Å². The smallest absolute Gasteiger partial charge is 0.158 e. The number of hydrogen-bond acceptors (Lipinski definition) is 5. The highest BCUT2D eigenvalue weighted by Gasteiger charge is 2.10. The van der Waals surface area contributed by atoms with Crippen LogP contribution in [0.5, 0.6) is 0 Å². The summed E-state index contributed by atoms with van der Waals surface area (Å²) in [4.78, 5) is 19.6. The molecule has 0 aromatic carbocycles. The summed E-state index contributed by atoms with van der Waals surface area (Å²) in [6.07, 6.45) is 10.1. The van der Waals surface area contributed by atoms with Gasteiger partial charge in [0.05, 0.1) is 12.4 Å². The van der Waals surface area contributed by atoms with Crippen LogP contribution in [0.4, 0.5) is 5.82 Å². The number of aromatic nitrogens is 5. The number of fused-ring (bicyclic) bond motifs is 1. The molecule has 3 rings (SSSR count). The Labute approximate surface area is 180 Å². The molecule has 3 N–H and O–H groups in total. The summed E-state index contributed by atoms with van der Waals surface area (Å²) in [5.74, 6) is 8.92. The van der Waals surface area contributed by atoms with Crippen LogP contribution in [0, 0.1) is 35.3 Å². The van der Waals surface area contributed by atoms with Gasteiger partial charge in [-0.1, -0.05) is 51.1 Å². The summed E-state index contributed by atoms with van der Waals surface area (Å²) in [6, 6.07) is 1.84. The average Bonchev–Trinajstić information content (AvgIpc) is 3.13. The molecule has 3 heterocycles. The van der Waals surface area contributed by atoms with Crippen LogP contribution in [0.3, 0.4) is 0 Å². The van der Waals surface area contributed by atoms with Crippen LogP contribution < -0.4 is 5.73 Å². The topological polar surface area (TPSA) is 93.4 Å². The Morgan fingerprint density at radius 2 is 1.53 bits per heavy atom. The molecule has 0 aliphatic heterocycles. The summed E-state index contributed by atoms with van der Waals surface area (Å²) in [5, 5.41) is 0. The van der Waals surface area contributed by atoms with E-state index in [1.165, 1.54) is 0 Å². The van der Waals surface area contributed by atoms with Crippen molar-refractivity contribution in [3.63, 3.8) is 0 Å². The van der Waals surface area contributed by atoms with Crippen molar-refractivity contribution in [1.82, 2.24) is 24.9 Å². The quantitative estimate of drug-likeness (QED) is 0.421. The fourth-order valence-corrected chi connectivity index (χ4v) is 2.95. The number of H-pyrrole nitrogens is 1. The summed E-state index contributed by atoms with van der Waals surface area (Å²) < 4.78 is 0. The third-order valence-corrected chi connectivity index (χ3v) is 5.08. The Balaban J connectivity index is 0.000000244. The first-order chi connectivity index (χ1) is 14.0. The average molecular weight is 431 g/mol. The van der Waals surface area contributed by atoms with Gasteiger partial charge in [0.1, 0.15) is 33.1 Å². The fourth-order valence-electron chi connectivity index (χ4n) is 1.95. The second-order valence-electron chi connectivity index (χ2n) is 8.60. The highest BCUT2D eigenvalue weighted by atomic mass is 28.3. The molecule has 0 aliphatic carbocycles. The predicted molar refractivity (Wildman–Crippen MR) is 129 cm³/mol. The molecule has 3 aromatic rings. The van der Waals surface area contributed by atoms with Gasteiger partial charge in [-0.05, 0) is 12.0 Å². The van der Waals surface area contributed by atoms with Crippen LogP contribution in [0.2, 0.25) is 39.3 Å². The molecule has 0 atom stereocenters. The van der Waals surface area contributed by atoms with Crippen molar-refractivity contribution in [2.75, 3.05) is 5.73 Å². The van der Waals surface area contributed by atoms with Gasteiger partial charge in [0.2, 0.25) is 0 Å². The largest absolute Gasteiger partial charge is 0.381 e. The Hall–Kier alpha value is -3.39. The molecular weight excluding hydrogens is 404 g/mol. The summed E-state index contributed by atoms with van der Waals surface area (Å²) in [5.41, 5.74) is 15.6. The Kier molecular flexibility index (Phi) is 7.18.